The zero-order chi connectivity index (χ0) is 18.4. The third-order valence-corrected chi connectivity index (χ3v) is 5.51. The van der Waals surface area contributed by atoms with Gasteiger partial charge in [-0.2, -0.15) is 4.99 Å². The highest BCUT2D eigenvalue weighted by Gasteiger charge is 2.43. The van der Waals surface area contributed by atoms with Crippen LogP contribution < -0.4 is 0 Å². The molecule has 3 aliphatic rings. The summed E-state index contributed by atoms with van der Waals surface area (Å²) < 4.78 is 14.3. The van der Waals surface area contributed by atoms with E-state index in [0.29, 0.717) is 37.7 Å². The van der Waals surface area contributed by atoms with Crippen molar-refractivity contribution in [2.24, 2.45) is 21.8 Å². The summed E-state index contributed by atoms with van der Waals surface area (Å²) in [6.07, 6.45) is 1.48. The van der Waals surface area contributed by atoms with E-state index < -0.39 is 12.1 Å². The van der Waals surface area contributed by atoms with E-state index in [9.17, 15) is 14.0 Å². The van der Waals surface area contributed by atoms with Gasteiger partial charge >= 0.3 is 0 Å². The maximum Gasteiger partial charge on any atom is 0.289 e. The molecular formula is C17H17BrFN5O2. The van der Waals surface area contributed by atoms with E-state index in [1.807, 2.05) is 9.80 Å². The van der Waals surface area contributed by atoms with Gasteiger partial charge in [-0.1, -0.05) is 0 Å². The molecule has 1 aromatic heterocycles. The Balaban J connectivity index is 1.43. The van der Waals surface area contributed by atoms with Crippen molar-refractivity contribution in [2.75, 3.05) is 26.2 Å². The molecule has 2 amide bonds. The molecule has 0 bridgehead atoms. The van der Waals surface area contributed by atoms with Crippen LogP contribution in [0.2, 0.25) is 0 Å². The van der Waals surface area contributed by atoms with Crippen molar-refractivity contribution in [3.63, 3.8) is 0 Å². The van der Waals surface area contributed by atoms with Crippen LogP contribution >= 0.6 is 15.9 Å². The molecule has 136 valence electrons. The van der Waals surface area contributed by atoms with Crippen molar-refractivity contribution < 1.29 is 14.0 Å². The number of likely N-dealkylation sites (tertiary alicyclic amines) is 2. The summed E-state index contributed by atoms with van der Waals surface area (Å²) in [5, 5.41) is 0. The highest BCUT2D eigenvalue weighted by Crippen LogP contribution is 2.32. The summed E-state index contributed by atoms with van der Waals surface area (Å²) in [6, 6.07) is 1.77. The molecule has 1 aromatic rings. The smallest absolute Gasteiger partial charge is 0.289 e. The average molecular weight is 422 g/mol. The molecule has 26 heavy (non-hydrogen) atoms. The molecule has 2 fully saturated rings. The third kappa shape index (κ3) is 3.04. The fourth-order valence-corrected chi connectivity index (χ4v) is 4.11. The molecule has 4 rings (SSSR count). The molecule has 0 saturated carbocycles. The monoisotopic (exact) mass is 421 g/mol. The zero-order valence-corrected chi connectivity index (χ0v) is 15.7. The third-order valence-electron chi connectivity index (χ3n) is 5.08. The summed E-state index contributed by atoms with van der Waals surface area (Å²) >= 11 is 3.33. The van der Waals surface area contributed by atoms with Crippen molar-refractivity contribution in [1.29, 1.82) is 0 Å². The van der Waals surface area contributed by atoms with Crippen LogP contribution in [0.1, 0.15) is 17.3 Å². The van der Waals surface area contributed by atoms with Crippen molar-refractivity contribution in [1.82, 2.24) is 14.8 Å². The van der Waals surface area contributed by atoms with Crippen molar-refractivity contribution in [3.05, 3.63) is 28.5 Å². The van der Waals surface area contributed by atoms with Crippen molar-refractivity contribution >= 4 is 39.4 Å². The molecular weight excluding hydrogens is 405 g/mol. The van der Waals surface area contributed by atoms with E-state index >= 15 is 0 Å². The number of nitrogens with zero attached hydrogens (tertiary/aromatic N) is 5. The second-order valence-electron chi connectivity index (χ2n) is 6.89. The van der Waals surface area contributed by atoms with Crippen LogP contribution in [0.25, 0.3) is 0 Å². The number of amides is 2. The van der Waals surface area contributed by atoms with Crippen LogP contribution in [0, 0.1) is 11.8 Å². The Bertz CT molecular complexity index is 828. The Morgan fingerprint density at radius 1 is 1.19 bits per heavy atom. The SMILES string of the molecule is CC1=NC(N2CC3CN(C(=O)c4cncc(Br)c4)CC3C2)=NC(=O)C1F. The number of guanidine groups is 1. The lowest BCUT2D eigenvalue weighted by molar-refractivity contribution is -0.120. The number of carbonyl (C=O) groups is 2. The van der Waals surface area contributed by atoms with E-state index in [1.165, 1.54) is 6.92 Å². The minimum atomic E-state index is -1.73. The van der Waals surface area contributed by atoms with Gasteiger partial charge in [0.1, 0.15) is 0 Å². The van der Waals surface area contributed by atoms with Gasteiger partial charge in [-0.05, 0) is 28.9 Å². The summed E-state index contributed by atoms with van der Waals surface area (Å²) in [4.78, 5) is 40.0. The number of carbonyl (C=O) groups excluding carboxylic acids is 2. The molecule has 4 heterocycles. The second-order valence-corrected chi connectivity index (χ2v) is 7.81. The van der Waals surface area contributed by atoms with Crippen LogP contribution in [0.4, 0.5) is 4.39 Å². The van der Waals surface area contributed by atoms with Gasteiger partial charge in [0.05, 0.1) is 11.3 Å². The van der Waals surface area contributed by atoms with Crippen LogP contribution in [0.5, 0.6) is 0 Å². The summed E-state index contributed by atoms with van der Waals surface area (Å²) in [6.45, 7) is 4.10. The Kier molecular flexibility index (Phi) is 4.34. The predicted octanol–water partition coefficient (Wildman–Crippen LogP) is 1.54. The minimum absolute atomic E-state index is 0.0286. The Labute approximate surface area is 158 Å². The summed E-state index contributed by atoms with van der Waals surface area (Å²) in [5.74, 6) is 0.0541. The number of pyridine rings is 1. The van der Waals surface area contributed by atoms with Gasteiger partial charge in [-0.25, -0.2) is 9.38 Å². The van der Waals surface area contributed by atoms with Gasteiger partial charge in [0.2, 0.25) is 12.1 Å². The number of aliphatic imine (C=N–C) groups is 2. The molecule has 3 atom stereocenters. The maximum absolute atomic E-state index is 13.5. The molecule has 0 aliphatic carbocycles. The van der Waals surface area contributed by atoms with E-state index in [-0.39, 0.29) is 23.5 Å². The number of hydrogen-bond donors (Lipinski definition) is 0. The van der Waals surface area contributed by atoms with E-state index in [1.54, 1.807) is 18.5 Å². The summed E-state index contributed by atoms with van der Waals surface area (Å²) in [5.41, 5.74) is 0.712. The highest BCUT2D eigenvalue weighted by atomic mass is 79.9. The molecule has 9 heteroatoms. The Morgan fingerprint density at radius 2 is 1.88 bits per heavy atom. The number of alkyl halides is 1. The molecule has 3 aliphatic heterocycles. The van der Waals surface area contributed by atoms with Gasteiger partial charge in [-0.15, -0.1) is 0 Å². The quantitative estimate of drug-likeness (QED) is 0.688. The lowest BCUT2D eigenvalue weighted by atomic mass is 10.0. The van der Waals surface area contributed by atoms with Gasteiger partial charge < -0.3 is 9.80 Å². The minimum Gasteiger partial charge on any atom is -0.340 e. The molecule has 0 radical (unpaired) electrons. The maximum atomic E-state index is 13.5. The Hall–Kier alpha value is -2.16. The first-order valence-electron chi connectivity index (χ1n) is 8.39. The van der Waals surface area contributed by atoms with Gasteiger partial charge in [0.15, 0.2) is 0 Å². The first kappa shape index (κ1) is 17.3. The van der Waals surface area contributed by atoms with Crippen LogP contribution in [0.3, 0.4) is 0 Å². The normalized spacial score (nSPS) is 28.1. The van der Waals surface area contributed by atoms with Crippen LogP contribution in [-0.2, 0) is 4.79 Å². The summed E-state index contributed by atoms with van der Waals surface area (Å²) in [7, 11) is 0. The van der Waals surface area contributed by atoms with Gasteiger partial charge in [0.25, 0.3) is 11.8 Å². The van der Waals surface area contributed by atoms with Gasteiger partial charge in [0, 0.05) is 54.9 Å². The van der Waals surface area contributed by atoms with E-state index in [2.05, 4.69) is 30.9 Å². The molecule has 0 spiro atoms. The highest BCUT2D eigenvalue weighted by molar-refractivity contribution is 9.10. The molecule has 0 N–H and O–H groups in total. The fourth-order valence-electron chi connectivity index (χ4n) is 3.75. The molecule has 2 saturated heterocycles. The first-order valence-corrected chi connectivity index (χ1v) is 9.18. The lowest BCUT2D eigenvalue weighted by Gasteiger charge is -2.24. The largest absolute Gasteiger partial charge is 0.340 e. The number of hydrogen-bond acceptors (Lipinski definition) is 5. The second kappa shape index (κ2) is 6.53. The van der Waals surface area contributed by atoms with E-state index in [4.69, 9.17) is 0 Å². The van der Waals surface area contributed by atoms with Crippen molar-refractivity contribution in [3.8, 4) is 0 Å². The molecule has 3 unspecified atom stereocenters. The molecule has 0 aromatic carbocycles. The van der Waals surface area contributed by atoms with Crippen LogP contribution in [-0.4, -0.2) is 70.6 Å². The predicted molar refractivity (Wildman–Crippen MR) is 96.8 cm³/mol. The first-order chi connectivity index (χ1) is 12.4. The molecule has 7 nitrogen and oxygen atoms in total. The van der Waals surface area contributed by atoms with Crippen LogP contribution in [0.15, 0.2) is 32.9 Å². The number of fused-ring (bicyclic) bond motifs is 1. The van der Waals surface area contributed by atoms with E-state index in [0.717, 1.165) is 4.47 Å². The topological polar surface area (TPSA) is 78.2 Å². The standard InChI is InChI=1S/C17H17BrFN5O2/c1-9-14(19)15(25)22-17(21-9)24-7-11-5-23(6-12(11)8-24)16(26)10-2-13(18)4-20-3-10/h2-4,11-12,14H,5-8H2,1H3. The van der Waals surface area contributed by atoms with Gasteiger partial charge in [-0.3, -0.25) is 14.6 Å². The number of halogens is 2. The number of rotatable bonds is 1. The zero-order valence-electron chi connectivity index (χ0n) is 14.1. The number of aromatic nitrogens is 1. The Morgan fingerprint density at radius 3 is 2.50 bits per heavy atom. The average Bonchev–Trinajstić information content (AvgIpc) is 3.17. The van der Waals surface area contributed by atoms with Crippen molar-refractivity contribution in [2.45, 2.75) is 13.1 Å². The lowest BCUT2D eigenvalue weighted by Crippen LogP contribution is -2.38. The fraction of sp³-hybridized carbons (Fsp3) is 0.471.